The van der Waals surface area contributed by atoms with Crippen LogP contribution in [0.2, 0.25) is 0 Å². The molecule has 2 unspecified atom stereocenters. The van der Waals surface area contributed by atoms with Crippen LogP contribution in [0.15, 0.2) is 18.2 Å². The van der Waals surface area contributed by atoms with Gasteiger partial charge in [-0.05, 0) is 30.7 Å². The van der Waals surface area contributed by atoms with E-state index in [9.17, 15) is 8.78 Å². The van der Waals surface area contributed by atoms with E-state index in [-0.39, 0.29) is 12.0 Å². The molecule has 1 heterocycles. The van der Waals surface area contributed by atoms with Crippen LogP contribution in [-0.2, 0) is 0 Å². The van der Waals surface area contributed by atoms with Gasteiger partial charge in [-0.2, -0.15) is 0 Å². The predicted octanol–water partition coefficient (Wildman–Crippen LogP) is 1.37. The highest BCUT2D eigenvalue weighted by Gasteiger charge is 2.23. The Hall–Kier alpha value is -1.00. The Balaban J connectivity index is 2.27. The second-order valence-corrected chi connectivity index (χ2v) is 3.97. The van der Waals surface area contributed by atoms with Gasteiger partial charge in [0.05, 0.1) is 0 Å². The van der Waals surface area contributed by atoms with Gasteiger partial charge in [-0.1, -0.05) is 0 Å². The molecule has 1 aromatic carbocycles. The number of hydrogen-bond donors (Lipinski definition) is 2. The first-order valence-electron chi connectivity index (χ1n) is 5.09. The van der Waals surface area contributed by atoms with E-state index >= 15 is 0 Å². The molecule has 2 atom stereocenters. The molecule has 2 nitrogen and oxygen atoms in total. The van der Waals surface area contributed by atoms with Gasteiger partial charge in [-0.3, -0.25) is 0 Å². The average Bonchev–Trinajstić information content (AvgIpc) is 2.16. The summed E-state index contributed by atoms with van der Waals surface area (Å²) < 4.78 is 26.0. The van der Waals surface area contributed by atoms with Crippen LogP contribution in [0.3, 0.4) is 0 Å². The van der Waals surface area contributed by atoms with Crippen molar-refractivity contribution in [2.45, 2.75) is 18.4 Å². The van der Waals surface area contributed by atoms with Crippen LogP contribution in [-0.4, -0.2) is 19.1 Å². The molecule has 1 saturated heterocycles. The monoisotopic (exact) mass is 212 g/mol. The number of piperidine rings is 1. The lowest BCUT2D eigenvalue weighted by molar-refractivity contribution is 0.400. The number of nitrogens with two attached hydrogens (primary N) is 1. The third kappa shape index (κ3) is 2.33. The Morgan fingerprint density at radius 1 is 1.20 bits per heavy atom. The number of halogens is 2. The molecule has 0 aliphatic carbocycles. The van der Waals surface area contributed by atoms with Crippen molar-refractivity contribution in [3.8, 4) is 0 Å². The SMILES string of the molecule is NC1CNCCC1c1cc(F)cc(F)c1. The molecule has 0 spiro atoms. The minimum absolute atomic E-state index is 0.0523. The van der Waals surface area contributed by atoms with Gasteiger partial charge in [0, 0.05) is 24.6 Å². The van der Waals surface area contributed by atoms with Gasteiger partial charge < -0.3 is 11.1 Å². The largest absolute Gasteiger partial charge is 0.326 e. The van der Waals surface area contributed by atoms with Gasteiger partial charge in [-0.25, -0.2) is 8.78 Å². The number of benzene rings is 1. The fourth-order valence-electron chi connectivity index (χ4n) is 2.09. The number of rotatable bonds is 1. The highest BCUT2D eigenvalue weighted by molar-refractivity contribution is 5.24. The Labute approximate surface area is 87.5 Å². The Morgan fingerprint density at radius 2 is 1.87 bits per heavy atom. The highest BCUT2D eigenvalue weighted by Crippen LogP contribution is 2.25. The molecule has 1 fully saturated rings. The molecule has 2 rings (SSSR count). The van der Waals surface area contributed by atoms with Gasteiger partial charge in [0.1, 0.15) is 11.6 Å². The lowest BCUT2D eigenvalue weighted by atomic mass is 9.86. The third-order valence-electron chi connectivity index (χ3n) is 2.84. The van der Waals surface area contributed by atoms with Crippen LogP contribution in [0.25, 0.3) is 0 Å². The number of hydrogen-bond acceptors (Lipinski definition) is 2. The zero-order chi connectivity index (χ0) is 10.8. The molecule has 0 saturated carbocycles. The fraction of sp³-hybridized carbons (Fsp3) is 0.455. The zero-order valence-electron chi connectivity index (χ0n) is 8.34. The highest BCUT2D eigenvalue weighted by atomic mass is 19.1. The van der Waals surface area contributed by atoms with E-state index in [2.05, 4.69) is 5.32 Å². The van der Waals surface area contributed by atoms with Crippen LogP contribution in [0.5, 0.6) is 0 Å². The second-order valence-electron chi connectivity index (χ2n) is 3.97. The lowest BCUT2D eigenvalue weighted by Crippen LogP contribution is -2.44. The summed E-state index contributed by atoms with van der Waals surface area (Å²) >= 11 is 0. The second kappa shape index (κ2) is 4.24. The predicted molar refractivity (Wildman–Crippen MR) is 54.6 cm³/mol. The summed E-state index contributed by atoms with van der Waals surface area (Å²) in [5.41, 5.74) is 6.57. The average molecular weight is 212 g/mol. The van der Waals surface area contributed by atoms with Crippen molar-refractivity contribution < 1.29 is 8.78 Å². The summed E-state index contributed by atoms with van der Waals surface area (Å²) in [4.78, 5) is 0. The maximum Gasteiger partial charge on any atom is 0.126 e. The third-order valence-corrected chi connectivity index (χ3v) is 2.84. The van der Waals surface area contributed by atoms with Crippen molar-refractivity contribution in [3.63, 3.8) is 0 Å². The van der Waals surface area contributed by atoms with Crippen LogP contribution in [0, 0.1) is 11.6 Å². The number of nitrogens with one attached hydrogen (secondary N) is 1. The van der Waals surface area contributed by atoms with Gasteiger partial charge in [0.25, 0.3) is 0 Å². The first kappa shape index (κ1) is 10.5. The standard InChI is InChI=1S/C11H14F2N2/c12-8-3-7(4-9(13)5-8)10-1-2-15-6-11(10)14/h3-5,10-11,15H,1-2,6,14H2. The van der Waals surface area contributed by atoms with E-state index in [1.807, 2.05) is 0 Å². The molecular weight excluding hydrogens is 198 g/mol. The van der Waals surface area contributed by atoms with E-state index in [1.54, 1.807) is 0 Å². The summed E-state index contributed by atoms with van der Waals surface area (Å²) in [5.74, 6) is -1.01. The van der Waals surface area contributed by atoms with E-state index < -0.39 is 11.6 Å². The van der Waals surface area contributed by atoms with Crippen molar-refractivity contribution in [2.75, 3.05) is 13.1 Å². The summed E-state index contributed by atoms with van der Waals surface area (Å²) in [6, 6.07) is 3.56. The maximum atomic E-state index is 13.0. The first-order valence-corrected chi connectivity index (χ1v) is 5.09. The molecule has 1 aliphatic rings. The fourth-order valence-corrected chi connectivity index (χ4v) is 2.09. The lowest BCUT2D eigenvalue weighted by Gasteiger charge is -2.29. The van der Waals surface area contributed by atoms with E-state index in [1.165, 1.54) is 12.1 Å². The van der Waals surface area contributed by atoms with Crippen molar-refractivity contribution in [1.29, 1.82) is 0 Å². The molecule has 0 radical (unpaired) electrons. The van der Waals surface area contributed by atoms with Crippen LogP contribution < -0.4 is 11.1 Å². The normalized spacial score (nSPS) is 26.6. The van der Waals surface area contributed by atoms with Crippen molar-refractivity contribution in [1.82, 2.24) is 5.32 Å². The topological polar surface area (TPSA) is 38.0 Å². The van der Waals surface area contributed by atoms with Crippen molar-refractivity contribution in [2.24, 2.45) is 5.73 Å². The van der Waals surface area contributed by atoms with Gasteiger partial charge in [-0.15, -0.1) is 0 Å². The molecular formula is C11H14F2N2. The van der Waals surface area contributed by atoms with Crippen molar-refractivity contribution in [3.05, 3.63) is 35.4 Å². The minimum atomic E-state index is -0.532. The Morgan fingerprint density at radius 3 is 2.47 bits per heavy atom. The van der Waals surface area contributed by atoms with Gasteiger partial charge in [0.15, 0.2) is 0 Å². The minimum Gasteiger partial charge on any atom is -0.326 e. The molecule has 82 valence electrons. The quantitative estimate of drug-likeness (QED) is 0.737. The Bertz CT molecular complexity index is 334. The Kier molecular flexibility index (Phi) is 2.98. The first-order chi connectivity index (χ1) is 7.16. The smallest absolute Gasteiger partial charge is 0.126 e. The van der Waals surface area contributed by atoms with Crippen LogP contribution >= 0.6 is 0 Å². The summed E-state index contributed by atoms with van der Waals surface area (Å²) in [5, 5.41) is 3.15. The van der Waals surface area contributed by atoms with Gasteiger partial charge >= 0.3 is 0 Å². The molecule has 1 aliphatic heterocycles. The molecule has 1 aromatic rings. The van der Waals surface area contributed by atoms with E-state index in [0.717, 1.165) is 19.0 Å². The maximum absolute atomic E-state index is 13.0. The van der Waals surface area contributed by atoms with Crippen molar-refractivity contribution >= 4 is 0 Å². The summed E-state index contributed by atoms with van der Waals surface area (Å²) in [6.07, 6.45) is 0.823. The molecule has 3 N–H and O–H groups in total. The summed E-state index contributed by atoms with van der Waals surface area (Å²) in [6.45, 7) is 1.54. The summed E-state index contributed by atoms with van der Waals surface area (Å²) in [7, 11) is 0. The van der Waals surface area contributed by atoms with E-state index in [0.29, 0.717) is 12.1 Å². The van der Waals surface area contributed by atoms with Crippen LogP contribution in [0.1, 0.15) is 17.9 Å². The molecule has 15 heavy (non-hydrogen) atoms. The molecule has 0 amide bonds. The zero-order valence-corrected chi connectivity index (χ0v) is 8.34. The van der Waals surface area contributed by atoms with Gasteiger partial charge in [0.2, 0.25) is 0 Å². The van der Waals surface area contributed by atoms with Crippen LogP contribution in [0.4, 0.5) is 8.78 Å². The molecule has 0 bridgehead atoms. The van der Waals surface area contributed by atoms with E-state index in [4.69, 9.17) is 5.73 Å². The molecule has 4 heteroatoms. The molecule has 0 aromatic heterocycles.